The van der Waals surface area contributed by atoms with E-state index in [4.69, 9.17) is 0 Å². The average molecular weight is 331 g/mol. The van der Waals surface area contributed by atoms with Crippen LogP contribution in [0.2, 0.25) is 0 Å². The van der Waals surface area contributed by atoms with Crippen molar-refractivity contribution in [3.05, 3.63) is 64.4 Å². The maximum atomic E-state index is 12.8. The molecule has 0 atom stereocenters. The first kappa shape index (κ1) is 14.4. The number of halogens is 3. The van der Waals surface area contributed by atoms with Crippen molar-refractivity contribution in [3.63, 3.8) is 0 Å². The third-order valence-corrected chi connectivity index (χ3v) is 3.67. The Balaban J connectivity index is 2.04. The van der Waals surface area contributed by atoms with E-state index in [1.165, 1.54) is 21.2 Å². The van der Waals surface area contributed by atoms with Crippen LogP contribution >= 0.6 is 0 Å². The standard InChI is InChI=1S/C15H8F3N5O/c16-15(17,18)9-5-7-10(8-6-9)22-13(24)11-3-1-2-4-12(11)23-14(22)19-20-21-23/h1-8H. The van der Waals surface area contributed by atoms with Crippen LogP contribution in [0.5, 0.6) is 0 Å². The first-order valence-corrected chi connectivity index (χ1v) is 6.86. The minimum absolute atomic E-state index is 0.124. The summed E-state index contributed by atoms with van der Waals surface area (Å²) in [6, 6.07) is 11.0. The highest BCUT2D eigenvalue weighted by Gasteiger charge is 2.30. The molecule has 0 aliphatic rings. The molecule has 2 aromatic heterocycles. The lowest BCUT2D eigenvalue weighted by Gasteiger charge is -2.11. The van der Waals surface area contributed by atoms with E-state index in [-0.39, 0.29) is 11.5 Å². The maximum absolute atomic E-state index is 12.8. The van der Waals surface area contributed by atoms with Crippen molar-refractivity contribution in [2.24, 2.45) is 0 Å². The lowest BCUT2D eigenvalue weighted by molar-refractivity contribution is -0.137. The molecule has 0 saturated carbocycles. The van der Waals surface area contributed by atoms with Crippen LogP contribution in [-0.2, 0) is 6.18 Å². The van der Waals surface area contributed by atoms with Gasteiger partial charge in [-0.05, 0) is 46.8 Å². The summed E-state index contributed by atoms with van der Waals surface area (Å²) in [6.45, 7) is 0. The monoisotopic (exact) mass is 331 g/mol. The Hall–Kier alpha value is -3.23. The SMILES string of the molecule is O=c1c2ccccc2n2nnnc2n1-c1ccc(C(F)(F)F)cc1. The zero-order chi connectivity index (χ0) is 16.9. The van der Waals surface area contributed by atoms with Gasteiger partial charge in [0.1, 0.15) is 0 Å². The van der Waals surface area contributed by atoms with Gasteiger partial charge in [0.15, 0.2) is 0 Å². The second-order valence-corrected chi connectivity index (χ2v) is 5.09. The number of aromatic nitrogens is 5. The van der Waals surface area contributed by atoms with E-state index in [1.54, 1.807) is 24.3 Å². The van der Waals surface area contributed by atoms with Gasteiger partial charge in [-0.25, -0.2) is 4.57 Å². The van der Waals surface area contributed by atoms with Crippen molar-refractivity contribution in [3.8, 4) is 5.69 Å². The van der Waals surface area contributed by atoms with E-state index in [1.807, 2.05) is 0 Å². The Bertz CT molecular complexity index is 1110. The van der Waals surface area contributed by atoms with Gasteiger partial charge >= 0.3 is 6.18 Å². The lowest BCUT2D eigenvalue weighted by Crippen LogP contribution is -2.22. The minimum Gasteiger partial charge on any atom is -0.268 e. The second-order valence-electron chi connectivity index (χ2n) is 5.09. The molecule has 0 bridgehead atoms. The van der Waals surface area contributed by atoms with Crippen LogP contribution in [0.25, 0.3) is 22.4 Å². The van der Waals surface area contributed by atoms with Crippen molar-refractivity contribution >= 4 is 16.7 Å². The molecule has 4 aromatic rings. The van der Waals surface area contributed by atoms with E-state index in [2.05, 4.69) is 15.5 Å². The van der Waals surface area contributed by atoms with Crippen molar-refractivity contribution < 1.29 is 13.2 Å². The molecule has 0 N–H and O–H groups in total. The highest BCUT2D eigenvalue weighted by Crippen LogP contribution is 2.29. The van der Waals surface area contributed by atoms with Crippen LogP contribution in [0, 0.1) is 0 Å². The van der Waals surface area contributed by atoms with Gasteiger partial charge in [0.05, 0.1) is 22.2 Å². The highest BCUT2D eigenvalue weighted by atomic mass is 19.4. The number of nitrogens with zero attached hydrogens (tertiary/aromatic N) is 5. The fourth-order valence-electron chi connectivity index (χ4n) is 2.56. The molecule has 0 unspecified atom stereocenters. The number of hydrogen-bond donors (Lipinski definition) is 0. The van der Waals surface area contributed by atoms with Gasteiger partial charge in [-0.1, -0.05) is 17.2 Å². The van der Waals surface area contributed by atoms with Gasteiger partial charge in [-0.15, -0.1) is 0 Å². The Morgan fingerprint density at radius 2 is 1.67 bits per heavy atom. The Kier molecular flexibility index (Phi) is 2.92. The summed E-state index contributed by atoms with van der Waals surface area (Å²) in [6.07, 6.45) is -4.45. The first-order valence-electron chi connectivity index (χ1n) is 6.86. The normalized spacial score (nSPS) is 12.1. The summed E-state index contributed by atoms with van der Waals surface area (Å²) >= 11 is 0. The number of alkyl halides is 3. The summed E-state index contributed by atoms with van der Waals surface area (Å²) in [5.74, 6) is 0.124. The number of para-hydroxylation sites is 1. The van der Waals surface area contributed by atoms with Crippen molar-refractivity contribution in [1.29, 1.82) is 0 Å². The Labute approximate surface area is 131 Å². The molecule has 0 amide bonds. The quantitative estimate of drug-likeness (QED) is 0.537. The summed E-state index contributed by atoms with van der Waals surface area (Å²) in [7, 11) is 0. The molecular formula is C15H8F3N5O. The highest BCUT2D eigenvalue weighted by molar-refractivity contribution is 5.80. The molecule has 9 heteroatoms. The Morgan fingerprint density at radius 1 is 0.958 bits per heavy atom. The number of benzene rings is 2. The van der Waals surface area contributed by atoms with Gasteiger partial charge < -0.3 is 0 Å². The van der Waals surface area contributed by atoms with Crippen LogP contribution in [0.1, 0.15) is 5.56 Å². The number of fused-ring (bicyclic) bond motifs is 3. The fraction of sp³-hybridized carbons (Fsp3) is 0.0667. The van der Waals surface area contributed by atoms with E-state index in [9.17, 15) is 18.0 Å². The molecule has 4 rings (SSSR count). The molecular weight excluding hydrogens is 323 g/mol. The predicted molar refractivity (Wildman–Crippen MR) is 78.9 cm³/mol. The van der Waals surface area contributed by atoms with E-state index in [0.717, 1.165) is 12.1 Å². The molecule has 0 spiro atoms. The third-order valence-electron chi connectivity index (χ3n) is 3.67. The van der Waals surface area contributed by atoms with Crippen LogP contribution < -0.4 is 5.56 Å². The molecule has 0 saturated heterocycles. The van der Waals surface area contributed by atoms with Crippen molar-refractivity contribution in [2.75, 3.05) is 0 Å². The van der Waals surface area contributed by atoms with Gasteiger partial charge in [-0.2, -0.15) is 17.7 Å². The van der Waals surface area contributed by atoms with Crippen LogP contribution in [0.15, 0.2) is 53.3 Å². The van der Waals surface area contributed by atoms with Crippen molar-refractivity contribution in [1.82, 2.24) is 24.6 Å². The molecule has 120 valence electrons. The van der Waals surface area contributed by atoms with E-state index < -0.39 is 17.3 Å². The van der Waals surface area contributed by atoms with Crippen LogP contribution in [-0.4, -0.2) is 24.6 Å². The van der Waals surface area contributed by atoms with Gasteiger partial charge in [0.2, 0.25) is 0 Å². The number of rotatable bonds is 1. The fourth-order valence-corrected chi connectivity index (χ4v) is 2.56. The topological polar surface area (TPSA) is 65.1 Å². The molecule has 0 aliphatic carbocycles. The predicted octanol–water partition coefficient (Wildman–Crippen LogP) is 2.45. The zero-order valence-corrected chi connectivity index (χ0v) is 11.9. The second kappa shape index (κ2) is 4.88. The van der Waals surface area contributed by atoms with Crippen LogP contribution in [0.3, 0.4) is 0 Å². The molecule has 2 heterocycles. The number of tetrazole rings is 1. The van der Waals surface area contributed by atoms with Gasteiger partial charge in [0.25, 0.3) is 11.3 Å². The van der Waals surface area contributed by atoms with E-state index >= 15 is 0 Å². The molecule has 24 heavy (non-hydrogen) atoms. The lowest BCUT2D eigenvalue weighted by atomic mass is 10.2. The Morgan fingerprint density at radius 3 is 2.38 bits per heavy atom. The summed E-state index contributed by atoms with van der Waals surface area (Å²) in [5.41, 5.74) is -0.437. The minimum atomic E-state index is -4.45. The van der Waals surface area contributed by atoms with Crippen molar-refractivity contribution in [2.45, 2.75) is 6.18 Å². The first-order chi connectivity index (χ1) is 11.5. The summed E-state index contributed by atoms with van der Waals surface area (Å²) in [5, 5.41) is 11.6. The average Bonchev–Trinajstić information content (AvgIpc) is 3.04. The molecule has 2 aromatic carbocycles. The summed E-state index contributed by atoms with van der Waals surface area (Å²) < 4.78 is 40.7. The van der Waals surface area contributed by atoms with Gasteiger partial charge in [-0.3, -0.25) is 4.79 Å². The van der Waals surface area contributed by atoms with Crippen LogP contribution in [0.4, 0.5) is 13.2 Å². The molecule has 0 fully saturated rings. The number of hydrogen-bond acceptors (Lipinski definition) is 4. The molecule has 0 radical (unpaired) electrons. The maximum Gasteiger partial charge on any atom is 0.416 e. The summed E-state index contributed by atoms with van der Waals surface area (Å²) in [4.78, 5) is 12.8. The van der Waals surface area contributed by atoms with E-state index in [0.29, 0.717) is 10.9 Å². The third kappa shape index (κ3) is 2.05. The molecule has 6 nitrogen and oxygen atoms in total. The largest absolute Gasteiger partial charge is 0.416 e. The molecule has 0 aliphatic heterocycles. The smallest absolute Gasteiger partial charge is 0.268 e. The zero-order valence-electron chi connectivity index (χ0n) is 11.9. The van der Waals surface area contributed by atoms with Gasteiger partial charge in [0, 0.05) is 0 Å².